The minimum atomic E-state index is 0.238. The molecule has 0 rings (SSSR count). The molecule has 0 spiro atoms. The number of hydrogen-bond donors (Lipinski definition) is 1. The van der Waals surface area contributed by atoms with Crippen LogP contribution in [0, 0.1) is 0 Å². The molecule has 1 heteroatoms. The smallest absolute Gasteiger partial charge is 0.115 e. The molecule has 0 radical (unpaired) electrons. The van der Waals surface area contributed by atoms with E-state index in [0.29, 0.717) is 0 Å². The Kier molecular flexibility index (Phi) is 12.8. The monoisotopic (exact) mass is 140 g/mol. The van der Waals surface area contributed by atoms with Gasteiger partial charge in [-0.3, -0.25) is 0 Å². The van der Waals surface area contributed by atoms with Crippen molar-refractivity contribution in [2.45, 2.75) is 20.8 Å². The minimum Gasteiger partial charge on any atom is -0.508 e. The van der Waals surface area contributed by atoms with Gasteiger partial charge in [-0.1, -0.05) is 32.6 Å². The molecule has 0 aliphatic carbocycles. The predicted octanol–water partition coefficient (Wildman–Crippen LogP) is 3.22. The Balaban J connectivity index is 0. The van der Waals surface area contributed by atoms with Crippen LogP contribution in [0.3, 0.4) is 0 Å². The molecule has 0 saturated heterocycles. The molecule has 0 aliphatic rings. The van der Waals surface area contributed by atoms with Crippen LogP contribution < -0.4 is 0 Å². The Morgan fingerprint density at radius 2 is 1.90 bits per heavy atom. The summed E-state index contributed by atoms with van der Waals surface area (Å²) in [5.74, 6) is 0.238. The third-order valence-electron chi connectivity index (χ3n) is 0.626. The molecule has 0 fully saturated rings. The Morgan fingerprint density at radius 3 is 2.20 bits per heavy atom. The van der Waals surface area contributed by atoms with Gasteiger partial charge in [-0.05, 0) is 19.1 Å². The largest absolute Gasteiger partial charge is 0.508 e. The van der Waals surface area contributed by atoms with Crippen molar-refractivity contribution in [2.24, 2.45) is 0 Å². The third kappa shape index (κ3) is 10.1. The first-order chi connectivity index (χ1) is 4.81. The molecular formula is C9H16O. The van der Waals surface area contributed by atoms with Crippen LogP contribution in [-0.4, -0.2) is 5.11 Å². The van der Waals surface area contributed by atoms with Crippen molar-refractivity contribution in [2.75, 3.05) is 0 Å². The number of hydrogen-bond acceptors (Lipinski definition) is 1. The standard InChI is InChI=1S/C7H10O.C2H6/c1-3-5-7(8)6-4-2;1-2/h3-6,8H,1H2,2H3;1-2H3/b6-4-,7-5+;. The van der Waals surface area contributed by atoms with Gasteiger partial charge in [0.2, 0.25) is 0 Å². The van der Waals surface area contributed by atoms with Crippen molar-refractivity contribution in [1.29, 1.82) is 0 Å². The first-order valence-electron chi connectivity index (χ1n) is 3.45. The van der Waals surface area contributed by atoms with Crippen molar-refractivity contribution in [3.8, 4) is 0 Å². The predicted molar refractivity (Wildman–Crippen MR) is 47.1 cm³/mol. The minimum absolute atomic E-state index is 0.238. The van der Waals surface area contributed by atoms with Crippen molar-refractivity contribution in [1.82, 2.24) is 0 Å². The molecule has 0 amide bonds. The van der Waals surface area contributed by atoms with Crippen LogP contribution in [0.15, 0.2) is 36.6 Å². The highest BCUT2D eigenvalue weighted by molar-refractivity contribution is 5.14. The summed E-state index contributed by atoms with van der Waals surface area (Å²) in [6.07, 6.45) is 6.42. The van der Waals surface area contributed by atoms with E-state index in [4.69, 9.17) is 5.11 Å². The van der Waals surface area contributed by atoms with Crippen molar-refractivity contribution in [3.05, 3.63) is 36.6 Å². The summed E-state index contributed by atoms with van der Waals surface area (Å²) >= 11 is 0. The van der Waals surface area contributed by atoms with Crippen molar-refractivity contribution >= 4 is 0 Å². The van der Waals surface area contributed by atoms with E-state index in [-0.39, 0.29) is 5.76 Å². The lowest BCUT2D eigenvalue weighted by Crippen LogP contribution is -1.68. The van der Waals surface area contributed by atoms with E-state index < -0.39 is 0 Å². The van der Waals surface area contributed by atoms with E-state index in [1.807, 2.05) is 20.8 Å². The molecule has 0 aliphatic heterocycles. The highest BCUT2D eigenvalue weighted by Gasteiger charge is 1.74. The van der Waals surface area contributed by atoms with Gasteiger partial charge in [0.1, 0.15) is 5.76 Å². The summed E-state index contributed by atoms with van der Waals surface area (Å²) in [5, 5.41) is 8.75. The fourth-order valence-electron chi connectivity index (χ4n) is 0.347. The lowest BCUT2D eigenvalue weighted by Gasteiger charge is -1.82. The molecule has 0 aromatic carbocycles. The van der Waals surface area contributed by atoms with E-state index in [2.05, 4.69) is 6.58 Å². The highest BCUT2D eigenvalue weighted by atomic mass is 16.3. The zero-order chi connectivity index (χ0) is 8.41. The summed E-state index contributed by atoms with van der Waals surface area (Å²) < 4.78 is 0. The number of aliphatic hydroxyl groups is 1. The summed E-state index contributed by atoms with van der Waals surface area (Å²) in [4.78, 5) is 0. The molecule has 0 unspecified atom stereocenters. The molecule has 10 heavy (non-hydrogen) atoms. The van der Waals surface area contributed by atoms with Gasteiger partial charge in [0.25, 0.3) is 0 Å². The number of allylic oxidation sites excluding steroid dienone is 4. The van der Waals surface area contributed by atoms with E-state index in [1.165, 1.54) is 12.2 Å². The van der Waals surface area contributed by atoms with Crippen LogP contribution in [0.1, 0.15) is 20.8 Å². The first-order valence-corrected chi connectivity index (χ1v) is 3.45. The molecule has 1 nitrogen and oxygen atoms in total. The van der Waals surface area contributed by atoms with Crippen LogP contribution in [0.5, 0.6) is 0 Å². The molecule has 58 valence electrons. The molecule has 0 heterocycles. The van der Waals surface area contributed by atoms with Gasteiger partial charge in [0.05, 0.1) is 0 Å². The number of rotatable bonds is 2. The zero-order valence-corrected chi connectivity index (χ0v) is 6.96. The van der Waals surface area contributed by atoms with E-state index >= 15 is 0 Å². The van der Waals surface area contributed by atoms with Crippen molar-refractivity contribution in [3.63, 3.8) is 0 Å². The Morgan fingerprint density at radius 1 is 1.40 bits per heavy atom. The van der Waals surface area contributed by atoms with Crippen LogP contribution in [0.25, 0.3) is 0 Å². The zero-order valence-electron chi connectivity index (χ0n) is 6.96. The highest BCUT2D eigenvalue weighted by Crippen LogP contribution is 1.88. The van der Waals surface area contributed by atoms with Crippen LogP contribution >= 0.6 is 0 Å². The second-order valence-electron chi connectivity index (χ2n) is 1.33. The van der Waals surface area contributed by atoms with Gasteiger partial charge < -0.3 is 5.11 Å². The normalized spacial score (nSPS) is 10.5. The first kappa shape index (κ1) is 11.8. The Hall–Kier alpha value is -0.980. The van der Waals surface area contributed by atoms with Crippen LogP contribution in [0.4, 0.5) is 0 Å². The van der Waals surface area contributed by atoms with E-state index in [9.17, 15) is 0 Å². The average Bonchev–Trinajstić information content (AvgIpc) is 1.93. The second-order valence-corrected chi connectivity index (χ2v) is 1.33. The molecule has 0 aromatic rings. The quantitative estimate of drug-likeness (QED) is 0.461. The van der Waals surface area contributed by atoms with Gasteiger partial charge in [-0.2, -0.15) is 0 Å². The van der Waals surface area contributed by atoms with E-state index in [0.717, 1.165) is 0 Å². The maximum atomic E-state index is 8.75. The van der Waals surface area contributed by atoms with Gasteiger partial charge in [0, 0.05) is 0 Å². The van der Waals surface area contributed by atoms with Crippen LogP contribution in [-0.2, 0) is 0 Å². The van der Waals surface area contributed by atoms with Gasteiger partial charge >= 0.3 is 0 Å². The molecule has 1 N–H and O–H groups in total. The summed E-state index contributed by atoms with van der Waals surface area (Å²) in [6.45, 7) is 9.25. The molecule has 0 bridgehead atoms. The van der Waals surface area contributed by atoms with Crippen molar-refractivity contribution < 1.29 is 5.11 Å². The summed E-state index contributed by atoms with van der Waals surface area (Å²) in [6, 6.07) is 0. The Labute approximate surface area is 63.4 Å². The summed E-state index contributed by atoms with van der Waals surface area (Å²) in [5.41, 5.74) is 0. The maximum Gasteiger partial charge on any atom is 0.115 e. The summed E-state index contributed by atoms with van der Waals surface area (Å²) in [7, 11) is 0. The molecular weight excluding hydrogens is 124 g/mol. The lowest BCUT2D eigenvalue weighted by atomic mass is 10.4. The second kappa shape index (κ2) is 10.9. The molecule has 0 saturated carbocycles. The molecule has 0 atom stereocenters. The van der Waals surface area contributed by atoms with Gasteiger partial charge in [-0.15, -0.1) is 0 Å². The average molecular weight is 140 g/mol. The lowest BCUT2D eigenvalue weighted by molar-refractivity contribution is 0.432. The number of aliphatic hydroxyl groups excluding tert-OH is 1. The van der Waals surface area contributed by atoms with Crippen LogP contribution in [0.2, 0.25) is 0 Å². The third-order valence-corrected chi connectivity index (χ3v) is 0.626. The Bertz CT molecular complexity index is 121. The van der Waals surface area contributed by atoms with E-state index in [1.54, 1.807) is 12.2 Å². The maximum absolute atomic E-state index is 8.75. The fourth-order valence-corrected chi connectivity index (χ4v) is 0.347. The van der Waals surface area contributed by atoms with Gasteiger partial charge in [-0.25, -0.2) is 0 Å². The fraction of sp³-hybridized carbons (Fsp3) is 0.333. The SMILES string of the molecule is C=C/C=C(O)\C=C/C.CC. The molecule has 0 aromatic heterocycles. The topological polar surface area (TPSA) is 20.2 Å². The van der Waals surface area contributed by atoms with Gasteiger partial charge in [0.15, 0.2) is 0 Å².